The van der Waals surface area contributed by atoms with E-state index in [-0.39, 0.29) is 43.3 Å². The molecule has 2 aromatic rings. The highest BCUT2D eigenvalue weighted by molar-refractivity contribution is 5.97. The van der Waals surface area contributed by atoms with Crippen LogP contribution in [-0.2, 0) is 37.0 Å². The first-order valence-corrected chi connectivity index (χ1v) is 11.0. The Kier molecular flexibility index (Phi) is 8.67. The van der Waals surface area contributed by atoms with Gasteiger partial charge < -0.3 is 24.1 Å². The Balaban J connectivity index is 1.84. The molecule has 8 nitrogen and oxygen atoms in total. The van der Waals surface area contributed by atoms with Crippen molar-refractivity contribution in [2.75, 3.05) is 7.11 Å². The van der Waals surface area contributed by atoms with E-state index in [0.29, 0.717) is 24.2 Å². The molecule has 0 unspecified atom stereocenters. The van der Waals surface area contributed by atoms with Gasteiger partial charge in [0.05, 0.1) is 19.6 Å². The number of benzene rings is 2. The minimum Gasteiger partial charge on any atom is -0.507 e. The van der Waals surface area contributed by atoms with Crippen molar-refractivity contribution in [2.24, 2.45) is 0 Å². The number of carbonyl (C=O) groups is 3. The van der Waals surface area contributed by atoms with Gasteiger partial charge in [-0.2, -0.15) is 0 Å². The Morgan fingerprint density at radius 2 is 1.71 bits per heavy atom. The average Bonchev–Trinajstić information content (AvgIpc) is 2.80. The minimum atomic E-state index is -0.717. The van der Waals surface area contributed by atoms with Crippen LogP contribution in [0.5, 0.6) is 11.5 Å². The van der Waals surface area contributed by atoms with Crippen LogP contribution in [0.15, 0.2) is 42.5 Å². The van der Waals surface area contributed by atoms with E-state index in [2.05, 4.69) is 0 Å². The number of carbonyl (C=O) groups excluding carboxylic acids is 3. The lowest BCUT2D eigenvalue weighted by atomic mass is 10.0. The standard InChI is InChI=1S/C26H28O8/c1-17-6-3-10-23(28)32-15-18-7-4-8-19(12-18)16-33-24(29)11-5-9-20-13-21(31-2)14-22(27)25(20)26(30)34-17/h4-5,7-9,12-14,17,27H,3,6,10-11,15-16H2,1-2H3/b9-5+/t17-/m0/s1. The molecule has 1 aliphatic heterocycles. The van der Waals surface area contributed by atoms with Gasteiger partial charge in [0.15, 0.2) is 0 Å². The molecule has 1 N–H and O–H groups in total. The van der Waals surface area contributed by atoms with Crippen molar-refractivity contribution in [3.63, 3.8) is 0 Å². The molecule has 2 aromatic carbocycles. The summed E-state index contributed by atoms with van der Waals surface area (Å²) >= 11 is 0. The molecule has 1 atom stereocenters. The van der Waals surface area contributed by atoms with Gasteiger partial charge in [0.25, 0.3) is 0 Å². The van der Waals surface area contributed by atoms with Crippen LogP contribution in [0.25, 0.3) is 6.08 Å². The zero-order valence-electron chi connectivity index (χ0n) is 19.2. The Morgan fingerprint density at radius 3 is 2.41 bits per heavy atom. The molecule has 1 heterocycles. The third-order valence-corrected chi connectivity index (χ3v) is 5.23. The number of aromatic hydroxyl groups is 1. The molecule has 0 aromatic heterocycles. The van der Waals surface area contributed by atoms with Crippen molar-refractivity contribution >= 4 is 24.0 Å². The lowest BCUT2D eigenvalue weighted by Gasteiger charge is -2.16. The van der Waals surface area contributed by atoms with E-state index in [4.69, 9.17) is 18.9 Å². The lowest BCUT2D eigenvalue weighted by Crippen LogP contribution is -2.17. The second-order valence-corrected chi connectivity index (χ2v) is 7.97. The summed E-state index contributed by atoms with van der Waals surface area (Å²) in [5, 5.41) is 10.4. The van der Waals surface area contributed by atoms with Crippen LogP contribution in [0, 0.1) is 0 Å². The minimum absolute atomic E-state index is 0.0390. The number of phenolic OH excluding ortho intramolecular Hbond substituents is 1. The zero-order valence-corrected chi connectivity index (χ0v) is 19.2. The Labute approximate surface area is 198 Å². The van der Waals surface area contributed by atoms with Crippen molar-refractivity contribution < 1.29 is 38.4 Å². The fraction of sp³-hybridized carbons (Fsp3) is 0.346. The highest BCUT2D eigenvalue weighted by Crippen LogP contribution is 2.30. The lowest BCUT2D eigenvalue weighted by molar-refractivity contribution is -0.145. The molecule has 34 heavy (non-hydrogen) atoms. The van der Waals surface area contributed by atoms with Gasteiger partial charge in [-0.15, -0.1) is 0 Å². The summed E-state index contributed by atoms with van der Waals surface area (Å²) in [7, 11) is 1.44. The van der Waals surface area contributed by atoms with Crippen molar-refractivity contribution in [2.45, 2.75) is 51.9 Å². The van der Waals surface area contributed by atoms with Crippen LogP contribution in [0.1, 0.15) is 59.7 Å². The van der Waals surface area contributed by atoms with Gasteiger partial charge in [0, 0.05) is 12.5 Å². The number of fused-ring (bicyclic) bond motifs is 3. The highest BCUT2D eigenvalue weighted by atomic mass is 16.5. The van der Waals surface area contributed by atoms with Crippen LogP contribution >= 0.6 is 0 Å². The average molecular weight is 469 g/mol. The second-order valence-electron chi connectivity index (χ2n) is 7.97. The van der Waals surface area contributed by atoms with Crippen molar-refractivity contribution in [1.82, 2.24) is 0 Å². The summed E-state index contributed by atoms with van der Waals surface area (Å²) in [6, 6.07) is 10.2. The first-order valence-electron chi connectivity index (χ1n) is 11.0. The number of rotatable bonds is 1. The number of cyclic esters (lactones) is 3. The smallest absolute Gasteiger partial charge is 0.342 e. The van der Waals surface area contributed by atoms with Crippen molar-refractivity contribution in [3.8, 4) is 11.5 Å². The maximum atomic E-state index is 12.8. The number of methoxy groups -OCH3 is 1. The summed E-state index contributed by atoms with van der Waals surface area (Å²) in [6.07, 6.45) is 3.66. The number of hydrogen-bond acceptors (Lipinski definition) is 8. The maximum absolute atomic E-state index is 12.8. The van der Waals surface area contributed by atoms with E-state index in [1.54, 1.807) is 25.1 Å². The molecule has 0 aliphatic carbocycles. The Morgan fingerprint density at radius 1 is 1.00 bits per heavy atom. The Hall–Kier alpha value is -3.81. The highest BCUT2D eigenvalue weighted by Gasteiger charge is 2.21. The molecule has 8 heteroatoms. The summed E-state index contributed by atoms with van der Waals surface area (Å²) < 4.78 is 21.3. The van der Waals surface area contributed by atoms with Gasteiger partial charge in [-0.25, -0.2) is 4.79 Å². The van der Waals surface area contributed by atoms with E-state index in [0.717, 1.165) is 11.1 Å². The van der Waals surface area contributed by atoms with Gasteiger partial charge >= 0.3 is 17.9 Å². The van der Waals surface area contributed by atoms with E-state index < -0.39 is 18.0 Å². The van der Waals surface area contributed by atoms with Crippen LogP contribution in [0.3, 0.4) is 0 Å². The number of esters is 3. The van der Waals surface area contributed by atoms with Crippen LogP contribution in [0.2, 0.25) is 0 Å². The van der Waals surface area contributed by atoms with E-state index in [1.165, 1.54) is 13.2 Å². The fourth-order valence-electron chi connectivity index (χ4n) is 3.48. The zero-order chi connectivity index (χ0) is 24.5. The summed E-state index contributed by atoms with van der Waals surface area (Å²) in [6.45, 7) is 1.91. The normalized spacial score (nSPS) is 19.1. The topological polar surface area (TPSA) is 108 Å². The molecule has 3 rings (SSSR count). The van der Waals surface area contributed by atoms with E-state index in [9.17, 15) is 19.5 Å². The molecule has 0 saturated heterocycles. The summed E-state index contributed by atoms with van der Waals surface area (Å²) in [4.78, 5) is 37.1. The first kappa shape index (κ1) is 24.8. The molecular formula is C26H28O8. The van der Waals surface area contributed by atoms with Crippen molar-refractivity contribution in [3.05, 3.63) is 64.7 Å². The Bertz CT molecular complexity index is 1070. The fourth-order valence-corrected chi connectivity index (χ4v) is 3.48. The molecule has 0 saturated carbocycles. The van der Waals surface area contributed by atoms with E-state index in [1.807, 2.05) is 24.3 Å². The third-order valence-electron chi connectivity index (χ3n) is 5.23. The number of ether oxygens (including phenoxy) is 4. The first-order chi connectivity index (χ1) is 16.4. The van der Waals surface area contributed by atoms with Crippen LogP contribution in [0.4, 0.5) is 0 Å². The predicted octanol–water partition coefficient (Wildman–Crippen LogP) is 4.32. The number of hydrogen-bond donors (Lipinski definition) is 1. The molecule has 1 aliphatic rings. The quantitative estimate of drug-likeness (QED) is 0.487. The van der Waals surface area contributed by atoms with E-state index >= 15 is 0 Å². The third kappa shape index (κ3) is 7.10. The molecular weight excluding hydrogens is 440 g/mol. The van der Waals surface area contributed by atoms with Gasteiger partial charge in [0.2, 0.25) is 0 Å². The molecule has 0 spiro atoms. The molecule has 0 amide bonds. The van der Waals surface area contributed by atoms with Crippen molar-refractivity contribution in [1.29, 1.82) is 0 Å². The maximum Gasteiger partial charge on any atom is 0.342 e. The van der Waals surface area contributed by atoms with Gasteiger partial charge in [-0.05, 0) is 48.6 Å². The number of phenols is 1. The monoisotopic (exact) mass is 468 g/mol. The molecule has 180 valence electrons. The molecule has 0 radical (unpaired) electrons. The molecule has 2 bridgehead atoms. The van der Waals surface area contributed by atoms with Gasteiger partial charge in [-0.3, -0.25) is 9.59 Å². The van der Waals surface area contributed by atoms with Gasteiger partial charge in [0.1, 0.15) is 30.3 Å². The summed E-state index contributed by atoms with van der Waals surface area (Å²) in [5.41, 5.74) is 1.87. The van der Waals surface area contributed by atoms with Gasteiger partial charge in [-0.1, -0.05) is 30.4 Å². The SMILES string of the molecule is COc1cc(O)c2c(c1)/C=C/CC(=O)OCc1cccc(c1)COC(=O)CCC[C@H](C)OC2=O. The van der Waals surface area contributed by atoms with Crippen LogP contribution < -0.4 is 4.74 Å². The predicted molar refractivity (Wildman–Crippen MR) is 123 cm³/mol. The molecule has 0 fully saturated rings. The summed E-state index contributed by atoms with van der Waals surface area (Å²) in [5.74, 6) is -1.50. The van der Waals surface area contributed by atoms with Crippen LogP contribution in [-0.4, -0.2) is 36.2 Å². The largest absolute Gasteiger partial charge is 0.507 e. The second kappa shape index (κ2) is 11.9.